The van der Waals surface area contributed by atoms with E-state index in [0.717, 1.165) is 43.0 Å². The molecular weight excluding hydrogens is 432 g/mol. The summed E-state index contributed by atoms with van der Waals surface area (Å²) in [5.74, 6) is 0. The van der Waals surface area contributed by atoms with Gasteiger partial charge in [0.05, 0.1) is 15.9 Å². The van der Waals surface area contributed by atoms with Crippen molar-refractivity contribution >= 4 is 22.8 Å². The third-order valence-electron chi connectivity index (χ3n) is 6.06. The fourth-order valence-corrected chi connectivity index (χ4v) is 4.08. The van der Waals surface area contributed by atoms with Crippen LogP contribution in [-0.4, -0.2) is 15.6 Å². The molecule has 0 unspecified atom stereocenters. The van der Waals surface area contributed by atoms with E-state index in [1.165, 1.54) is 35.2 Å². The van der Waals surface area contributed by atoms with Crippen LogP contribution in [0.4, 0.5) is 17.1 Å². The number of anilines is 1. The van der Waals surface area contributed by atoms with E-state index in [2.05, 4.69) is 59.1 Å². The molecule has 0 amide bonds. The molecule has 0 heterocycles. The largest absolute Gasteiger partial charge is 0.301 e. The number of hydrogen-bond donors (Lipinski definition) is 1. The monoisotopic (exact) mass is 458 g/mol. The minimum Gasteiger partial charge on any atom is -0.272 e. The zero-order valence-electron chi connectivity index (χ0n) is 18.8. The van der Waals surface area contributed by atoms with Crippen LogP contribution in [0.3, 0.4) is 0 Å². The summed E-state index contributed by atoms with van der Waals surface area (Å²) >= 11 is 0. The summed E-state index contributed by atoms with van der Waals surface area (Å²) in [4.78, 5) is 21.2. The number of nitrogens with zero attached hydrogens (tertiary/aromatic N) is 3. The van der Waals surface area contributed by atoms with Crippen LogP contribution < -0.4 is 5.43 Å². The quantitative estimate of drug-likeness (QED) is 0.379. The van der Waals surface area contributed by atoms with Gasteiger partial charge in [-0.25, -0.2) is 0 Å². The molecule has 8 nitrogen and oxygen atoms in total. The van der Waals surface area contributed by atoms with Crippen molar-refractivity contribution in [3.05, 3.63) is 109 Å². The number of benzene rings is 3. The molecule has 7 rings (SSSR count). The van der Waals surface area contributed by atoms with Crippen LogP contribution in [0.15, 0.2) is 71.8 Å². The average Bonchev–Trinajstić information content (AvgIpc) is 2.84. The van der Waals surface area contributed by atoms with Crippen LogP contribution in [0.1, 0.15) is 41.5 Å². The van der Waals surface area contributed by atoms with Crippen molar-refractivity contribution in [3.63, 3.8) is 0 Å². The summed E-state index contributed by atoms with van der Waals surface area (Å²) in [6, 6.07) is 20.7. The van der Waals surface area contributed by atoms with Gasteiger partial charge in [-0.05, 0) is 66.8 Å². The maximum atomic E-state index is 11.5. The van der Waals surface area contributed by atoms with E-state index in [-0.39, 0.29) is 17.1 Å². The van der Waals surface area contributed by atoms with E-state index in [9.17, 15) is 20.2 Å². The molecule has 174 valence electrons. The molecule has 4 bridgehead atoms. The molecule has 0 radical (unpaired) electrons. The van der Waals surface area contributed by atoms with Crippen molar-refractivity contribution in [1.82, 2.24) is 0 Å². The number of nitro benzene ring substituents is 2. The highest BCUT2D eigenvalue weighted by atomic mass is 16.6. The second-order valence-corrected chi connectivity index (χ2v) is 8.52. The Morgan fingerprint density at radius 3 is 1.79 bits per heavy atom. The van der Waals surface area contributed by atoms with E-state index in [4.69, 9.17) is 0 Å². The molecule has 3 aromatic rings. The highest BCUT2D eigenvalue weighted by Gasteiger charge is 2.19. The molecule has 8 heteroatoms. The zero-order valence-corrected chi connectivity index (χ0v) is 18.8. The average molecular weight is 459 g/mol. The Balaban J connectivity index is 1.61. The van der Waals surface area contributed by atoms with Gasteiger partial charge in [0.2, 0.25) is 0 Å². The van der Waals surface area contributed by atoms with Gasteiger partial charge in [0.1, 0.15) is 5.69 Å². The van der Waals surface area contributed by atoms with E-state index in [1.807, 2.05) is 0 Å². The van der Waals surface area contributed by atoms with Gasteiger partial charge in [-0.3, -0.25) is 25.7 Å². The summed E-state index contributed by atoms with van der Waals surface area (Å²) in [5.41, 5.74) is 8.01. The number of rotatable bonds is 4. The predicted octanol–water partition coefficient (Wildman–Crippen LogP) is 6.03. The van der Waals surface area contributed by atoms with Crippen LogP contribution in [0.2, 0.25) is 0 Å². The van der Waals surface area contributed by atoms with Gasteiger partial charge in [0, 0.05) is 18.2 Å². The summed E-state index contributed by atoms with van der Waals surface area (Å²) in [5, 5.41) is 27.0. The Hall–Kier alpha value is -4.07. The van der Waals surface area contributed by atoms with Gasteiger partial charge in [0.15, 0.2) is 0 Å². The molecule has 0 aromatic heterocycles. The lowest BCUT2D eigenvalue weighted by Crippen LogP contribution is -2.09. The fourth-order valence-electron chi connectivity index (χ4n) is 4.08. The maximum Gasteiger partial charge on any atom is 0.301 e. The maximum absolute atomic E-state index is 11.5. The molecule has 4 aliphatic rings. The Bertz CT molecular complexity index is 1200. The van der Waals surface area contributed by atoms with Crippen molar-refractivity contribution in [2.24, 2.45) is 5.10 Å². The molecule has 0 spiro atoms. The number of non-ortho nitro benzene ring substituents is 1. The van der Waals surface area contributed by atoms with Crippen LogP contribution in [0.5, 0.6) is 0 Å². The van der Waals surface area contributed by atoms with E-state index < -0.39 is 9.85 Å². The first kappa shape index (κ1) is 23.1. The van der Waals surface area contributed by atoms with Crippen molar-refractivity contribution in [2.75, 3.05) is 5.43 Å². The molecular formula is C26H26N4O4. The summed E-state index contributed by atoms with van der Waals surface area (Å²) in [6.45, 7) is 0. The Labute approximate surface area is 197 Å². The highest BCUT2D eigenvalue weighted by molar-refractivity contribution is 5.87. The first-order valence-electron chi connectivity index (χ1n) is 11.4. The SMILES string of the molecule is O=[N+]([O-])c1ccc(N/N=C2\CCc3ccc(cc3)CCCCc3ccc(cc3)C2)c([N+](=O)[O-])c1. The number of nitrogens with one attached hydrogen (secondary N) is 1. The molecule has 34 heavy (non-hydrogen) atoms. The standard InChI is InChI=1S/C26H26N4O4/c31-29(32)24-15-16-25(26(18-24)30(33)34)28-27-23-14-13-21-7-5-19(6-8-21)3-1-2-4-20-9-11-22(17-23)12-10-20/h5-12,15-16,18,28H,1-4,13-14,17H2/b27-23+. The third kappa shape index (κ3) is 6.04. The third-order valence-corrected chi connectivity index (χ3v) is 6.06. The Kier molecular flexibility index (Phi) is 7.27. The lowest BCUT2D eigenvalue weighted by Gasteiger charge is -2.11. The second kappa shape index (κ2) is 10.7. The minimum atomic E-state index is -0.653. The fraction of sp³-hybridized carbons (Fsp3) is 0.269. The van der Waals surface area contributed by atoms with Crippen LogP contribution in [-0.2, 0) is 25.7 Å². The van der Waals surface area contributed by atoms with Crippen LogP contribution in [0, 0.1) is 20.2 Å². The van der Waals surface area contributed by atoms with Crippen molar-refractivity contribution in [1.29, 1.82) is 0 Å². The molecule has 0 aliphatic heterocycles. The summed E-state index contributed by atoms with van der Waals surface area (Å²) in [6.07, 6.45) is 6.50. The van der Waals surface area contributed by atoms with Gasteiger partial charge >= 0.3 is 5.69 Å². The van der Waals surface area contributed by atoms with E-state index in [0.29, 0.717) is 12.8 Å². The number of hydrogen-bond acceptors (Lipinski definition) is 6. The molecule has 3 aromatic carbocycles. The summed E-state index contributed by atoms with van der Waals surface area (Å²) in [7, 11) is 0. The predicted molar refractivity (Wildman–Crippen MR) is 132 cm³/mol. The zero-order chi connectivity index (χ0) is 23.9. The highest BCUT2D eigenvalue weighted by Crippen LogP contribution is 2.29. The van der Waals surface area contributed by atoms with E-state index in [1.54, 1.807) is 0 Å². The Morgan fingerprint density at radius 1 is 0.676 bits per heavy atom. The van der Waals surface area contributed by atoms with Gasteiger partial charge < -0.3 is 0 Å². The van der Waals surface area contributed by atoms with Crippen molar-refractivity contribution in [3.8, 4) is 0 Å². The van der Waals surface area contributed by atoms with Crippen molar-refractivity contribution in [2.45, 2.75) is 44.9 Å². The lowest BCUT2D eigenvalue weighted by atomic mass is 9.97. The van der Waals surface area contributed by atoms with Crippen LogP contribution in [0.25, 0.3) is 0 Å². The molecule has 0 fully saturated rings. The first-order valence-corrected chi connectivity index (χ1v) is 11.4. The van der Waals surface area contributed by atoms with Crippen LogP contribution >= 0.6 is 0 Å². The molecule has 0 saturated carbocycles. The number of nitro groups is 2. The minimum absolute atomic E-state index is 0.120. The topological polar surface area (TPSA) is 111 Å². The number of hydrazone groups is 1. The summed E-state index contributed by atoms with van der Waals surface area (Å²) < 4.78 is 0. The van der Waals surface area contributed by atoms with Crippen molar-refractivity contribution < 1.29 is 9.85 Å². The molecule has 0 atom stereocenters. The number of aryl methyl sites for hydroxylation is 3. The lowest BCUT2D eigenvalue weighted by molar-refractivity contribution is -0.393. The molecule has 4 aliphatic carbocycles. The Morgan fingerprint density at radius 2 is 1.24 bits per heavy atom. The smallest absolute Gasteiger partial charge is 0.272 e. The van der Waals surface area contributed by atoms with Gasteiger partial charge in [-0.1, -0.05) is 48.5 Å². The van der Waals surface area contributed by atoms with Gasteiger partial charge in [0.25, 0.3) is 5.69 Å². The first-order chi connectivity index (χ1) is 16.5. The van der Waals surface area contributed by atoms with Gasteiger partial charge in [-0.2, -0.15) is 5.10 Å². The van der Waals surface area contributed by atoms with Gasteiger partial charge in [-0.15, -0.1) is 0 Å². The molecule has 0 saturated heterocycles. The van der Waals surface area contributed by atoms with E-state index >= 15 is 0 Å². The second-order valence-electron chi connectivity index (χ2n) is 8.52. The normalized spacial score (nSPS) is 15.4. The molecule has 1 N–H and O–H groups in total.